The molecule has 2 aromatic heterocycles. The fraction of sp³-hybridized carbons (Fsp3) is 0.519. The number of aryl methyl sites for hydroxylation is 3. The molecule has 1 aliphatic heterocycles. The van der Waals surface area contributed by atoms with E-state index >= 15 is 0 Å². The van der Waals surface area contributed by atoms with E-state index in [1.54, 1.807) is 0 Å². The third kappa shape index (κ3) is 4.67. The van der Waals surface area contributed by atoms with Crippen LogP contribution < -0.4 is 0 Å². The summed E-state index contributed by atoms with van der Waals surface area (Å²) in [5.41, 5.74) is 6.30. The van der Waals surface area contributed by atoms with Gasteiger partial charge in [-0.1, -0.05) is 43.2 Å². The molecule has 0 spiro atoms. The van der Waals surface area contributed by atoms with E-state index in [-0.39, 0.29) is 5.91 Å². The molecule has 0 bridgehead atoms. The van der Waals surface area contributed by atoms with Gasteiger partial charge < -0.3 is 4.90 Å². The lowest BCUT2D eigenvalue weighted by molar-refractivity contribution is 0.0630. The zero-order chi connectivity index (χ0) is 22.9. The number of carbonyl (C=O) groups is 1. The molecule has 6 nitrogen and oxygen atoms in total. The van der Waals surface area contributed by atoms with Crippen molar-refractivity contribution in [3.8, 4) is 0 Å². The van der Waals surface area contributed by atoms with Crippen LogP contribution in [0.5, 0.6) is 0 Å². The summed E-state index contributed by atoms with van der Waals surface area (Å²) in [6.45, 7) is 11.4. The van der Waals surface area contributed by atoms with Gasteiger partial charge in [0, 0.05) is 50.9 Å². The highest BCUT2D eigenvalue weighted by molar-refractivity contribution is 6.06. The number of carbonyl (C=O) groups excluding carboxylic acids is 1. The maximum atomic E-state index is 13.7. The summed E-state index contributed by atoms with van der Waals surface area (Å²) in [7, 11) is 0. The number of aromatic nitrogens is 3. The fourth-order valence-corrected chi connectivity index (χ4v) is 4.82. The second-order valence-electron chi connectivity index (χ2n) is 9.78. The van der Waals surface area contributed by atoms with Gasteiger partial charge in [-0.2, -0.15) is 5.10 Å². The minimum Gasteiger partial charge on any atom is -0.336 e. The largest absolute Gasteiger partial charge is 0.336 e. The summed E-state index contributed by atoms with van der Waals surface area (Å²) in [6, 6.07) is 10.8. The number of benzene rings is 1. The number of amides is 1. The lowest BCUT2D eigenvalue weighted by Crippen LogP contribution is -2.48. The minimum absolute atomic E-state index is 0.137. The van der Waals surface area contributed by atoms with Crippen LogP contribution >= 0.6 is 0 Å². The Hall–Kier alpha value is -2.73. The number of hydrogen-bond donors (Lipinski definition) is 0. The van der Waals surface area contributed by atoms with Crippen molar-refractivity contribution in [2.24, 2.45) is 0 Å². The van der Waals surface area contributed by atoms with Crippen LogP contribution in [0.3, 0.4) is 0 Å². The zero-order valence-electron chi connectivity index (χ0n) is 20.2. The van der Waals surface area contributed by atoms with Crippen LogP contribution in [-0.4, -0.2) is 56.7 Å². The van der Waals surface area contributed by atoms with Crippen LogP contribution in [0.15, 0.2) is 30.3 Å². The number of pyridine rings is 1. The van der Waals surface area contributed by atoms with Crippen LogP contribution in [-0.2, 0) is 13.1 Å². The Morgan fingerprint density at radius 1 is 1.06 bits per heavy atom. The predicted octanol–water partition coefficient (Wildman–Crippen LogP) is 4.68. The highest BCUT2D eigenvalue weighted by Gasteiger charge is 2.31. The molecule has 174 valence electrons. The molecule has 2 aliphatic rings. The molecule has 1 saturated carbocycles. The van der Waals surface area contributed by atoms with Gasteiger partial charge >= 0.3 is 0 Å². The van der Waals surface area contributed by atoms with Crippen LogP contribution in [0, 0.1) is 13.8 Å². The first kappa shape index (κ1) is 22.1. The molecule has 1 aliphatic carbocycles. The van der Waals surface area contributed by atoms with Crippen LogP contribution in [0.4, 0.5) is 0 Å². The summed E-state index contributed by atoms with van der Waals surface area (Å²) in [5, 5.41) is 5.72. The summed E-state index contributed by atoms with van der Waals surface area (Å²) in [4.78, 5) is 23.2. The van der Waals surface area contributed by atoms with E-state index in [0.717, 1.165) is 80.1 Å². The smallest absolute Gasteiger partial charge is 0.254 e. The standard InChI is InChI=1S/C27H35N5O/c1-4-5-12-32-26-25(20(3)29-32)23(17-24(28-26)22-10-11-22)27(33)31-15-13-30(14-16-31)18-21-8-6-19(2)7-9-21/h6-9,17,22H,4-5,10-16,18H2,1-3H3. The number of rotatable bonds is 7. The van der Waals surface area contributed by atoms with E-state index in [2.05, 4.69) is 49.1 Å². The highest BCUT2D eigenvalue weighted by atomic mass is 16.2. The van der Waals surface area contributed by atoms with Gasteiger partial charge in [0.25, 0.3) is 5.91 Å². The molecule has 6 heteroatoms. The summed E-state index contributed by atoms with van der Waals surface area (Å²) in [5.74, 6) is 0.638. The maximum Gasteiger partial charge on any atom is 0.254 e. The second-order valence-corrected chi connectivity index (χ2v) is 9.78. The quantitative estimate of drug-likeness (QED) is 0.530. The minimum atomic E-state index is 0.137. The molecule has 3 aromatic rings. The van der Waals surface area contributed by atoms with Gasteiger partial charge in [0.05, 0.1) is 16.6 Å². The molecule has 2 fully saturated rings. The normalized spacial score (nSPS) is 17.1. The molecule has 0 radical (unpaired) electrons. The Bertz CT molecular complexity index is 1140. The summed E-state index contributed by atoms with van der Waals surface area (Å²) < 4.78 is 2.02. The molecule has 1 saturated heterocycles. The lowest BCUT2D eigenvalue weighted by atomic mass is 10.1. The third-order valence-corrected chi connectivity index (χ3v) is 7.03. The monoisotopic (exact) mass is 445 g/mol. The van der Waals surface area contributed by atoms with Gasteiger partial charge in [0.2, 0.25) is 0 Å². The zero-order valence-corrected chi connectivity index (χ0v) is 20.2. The topological polar surface area (TPSA) is 54.3 Å². The first-order valence-corrected chi connectivity index (χ1v) is 12.5. The number of nitrogens with zero attached hydrogens (tertiary/aromatic N) is 5. The lowest BCUT2D eigenvalue weighted by Gasteiger charge is -2.35. The van der Waals surface area contributed by atoms with Crippen molar-refractivity contribution in [2.45, 2.75) is 65.5 Å². The van der Waals surface area contributed by atoms with Gasteiger partial charge in [0.15, 0.2) is 5.65 Å². The summed E-state index contributed by atoms with van der Waals surface area (Å²) >= 11 is 0. The van der Waals surface area contributed by atoms with Crippen molar-refractivity contribution in [2.75, 3.05) is 26.2 Å². The van der Waals surface area contributed by atoms with Crippen LogP contribution in [0.2, 0.25) is 0 Å². The molecule has 5 rings (SSSR count). The molecular formula is C27H35N5O. The first-order chi connectivity index (χ1) is 16.0. The molecule has 1 amide bonds. The third-order valence-electron chi connectivity index (χ3n) is 7.03. The summed E-state index contributed by atoms with van der Waals surface area (Å²) in [6.07, 6.45) is 4.52. The van der Waals surface area contributed by atoms with Crippen molar-refractivity contribution in [3.63, 3.8) is 0 Å². The maximum absolute atomic E-state index is 13.7. The van der Waals surface area contributed by atoms with Gasteiger partial charge in [-0.05, 0) is 44.7 Å². The Kier molecular flexibility index (Phi) is 6.19. The van der Waals surface area contributed by atoms with E-state index in [0.29, 0.717) is 5.92 Å². The van der Waals surface area contributed by atoms with E-state index in [9.17, 15) is 4.79 Å². The molecule has 33 heavy (non-hydrogen) atoms. The van der Waals surface area contributed by atoms with E-state index in [1.807, 2.05) is 16.5 Å². The number of piperazine rings is 1. The Morgan fingerprint density at radius 3 is 2.45 bits per heavy atom. The Balaban J connectivity index is 1.36. The van der Waals surface area contributed by atoms with Gasteiger partial charge in [0.1, 0.15) is 0 Å². The van der Waals surface area contributed by atoms with Crippen molar-refractivity contribution in [3.05, 3.63) is 58.4 Å². The molecule has 0 unspecified atom stereocenters. The molecular weight excluding hydrogens is 410 g/mol. The Labute approximate surface area is 196 Å². The second kappa shape index (κ2) is 9.26. The van der Waals surface area contributed by atoms with Gasteiger partial charge in [-0.25, -0.2) is 9.67 Å². The predicted molar refractivity (Wildman–Crippen MR) is 132 cm³/mol. The first-order valence-electron chi connectivity index (χ1n) is 12.5. The Morgan fingerprint density at radius 2 is 1.79 bits per heavy atom. The average molecular weight is 446 g/mol. The van der Waals surface area contributed by atoms with E-state index < -0.39 is 0 Å². The van der Waals surface area contributed by atoms with E-state index in [1.165, 1.54) is 24.0 Å². The molecule has 0 N–H and O–H groups in total. The molecule has 1 aromatic carbocycles. The fourth-order valence-electron chi connectivity index (χ4n) is 4.82. The number of fused-ring (bicyclic) bond motifs is 1. The van der Waals surface area contributed by atoms with E-state index in [4.69, 9.17) is 10.1 Å². The van der Waals surface area contributed by atoms with Crippen LogP contribution in [0.1, 0.15) is 71.4 Å². The van der Waals surface area contributed by atoms with Crippen LogP contribution in [0.25, 0.3) is 11.0 Å². The van der Waals surface area contributed by atoms with Crippen molar-refractivity contribution in [1.82, 2.24) is 24.6 Å². The van der Waals surface area contributed by atoms with Gasteiger partial charge in [-0.3, -0.25) is 9.69 Å². The highest BCUT2D eigenvalue weighted by Crippen LogP contribution is 2.40. The average Bonchev–Trinajstić information content (AvgIpc) is 3.63. The molecule has 0 atom stereocenters. The van der Waals surface area contributed by atoms with Crippen molar-refractivity contribution in [1.29, 1.82) is 0 Å². The SMILES string of the molecule is CCCCn1nc(C)c2c(C(=O)N3CCN(Cc4ccc(C)cc4)CC3)cc(C3CC3)nc21. The number of unbranched alkanes of at least 4 members (excludes halogenated alkanes) is 1. The molecule has 3 heterocycles. The van der Waals surface area contributed by atoms with Crippen molar-refractivity contribution < 1.29 is 4.79 Å². The van der Waals surface area contributed by atoms with Gasteiger partial charge in [-0.15, -0.1) is 0 Å². The number of hydrogen-bond acceptors (Lipinski definition) is 4. The van der Waals surface area contributed by atoms with Crippen molar-refractivity contribution >= 4 is 16.9 Å².